The zero-order valence-electron chi connectivity index (χ0n) is 13.0. The van der Waals surface area contributed by atoms with E-state index in [-0.39, 0.29) is 4.90 Å². The molecule has 2 aromatic carbocycles. The molecule has 0 fully saturated rings. The van der Waals surface area contributed by atoms with Crippen LogP contribution in [0.15, 0.2) is 47.4 Å². The molecule has 0 saturated heterocycles. The van der Waals surface area contributed by atoms with Crippen molar-refractivity contribution in [2.24, 2.45) is 0 Å². The molecule has 0 heterocycles. The Bertz CT molecular complexity index is 857. The normalized spacial score (nSPS) is 10.8. The summed E-state index contributed by atoms with van der Waals surface area (Å²) in [6, 6.07) is 11.0. The molecule has 2 aromatic rings. The first-order chi connectivity index (χ1) is 11.4. The van der Waals surface area contributed by atoms with Gasteiger partial charge >= 0.3 is 0 Å². The van der Waals surface area contributed by atoms with Gasteiger partial charge in [0, 0.05) is 7.05 Å². The number of methoxy groups -OCH3 is 1. The number of rotatable bonds is 5. The molecule has 3 N–H and O–H groups in total. The zero-order chi connectivity index (χ0) is 17.7. The van der Waals surface area contributed by atoms with E-state index in [0.717, 1.165) is 0 Å². The first-order valence-corrected chi connectivity index (χ1v) is 9.08. The van der Waals surface area contributed by atoms with Crippen molar-refractivity contribution in [1.82, 2.24) is 5.32 Å². The molecule has 0 aromatic heterocycles. The average molecular weight is 386 g/mol. The smallest absolute Gasteiger partial charge is 0.262 e. The summed E-state index contributed by atoms with van der Waals surface area (Å²) in [6.07, 6.45) is 0. The van der Waals surface area contributed by atoms with E-state index in [9.17, 15) is 8.42 Å². The molecule has 0 radical (unpaired) electrons. The van der Waals surface area contributed by atoms with Crippen molar-refractivity contribution < 1.29 is 13.2 Å². The van der Waals surface area contributed by atoms with Crippen LogP contribution in [0, 0.1) is 0 Å². The minimum Gasteiger partial charge on any atom is -0.495 e. The monoisotopic (exact) mass is 385 g/mol. The van der Waals surface area contributed by atoms with Gasteiger partial charge in [-0.3, -0.25) is 4.72 Å². The lowest BCUT2D eigenvalue weighted by Gasteiger charge is -2.14. The molecular weight excluding hydrogens is 370 g/mol. The molecule has 0 aliphatic carbocycles. The van der Waals surface area contributed by atoms with Gasteiger partial charge in [0.15, 0.2) is 5.11 Å². The average Bonchev–Trinajstić information content (AvgIpc) is 2.56. The van der Waals surface area contributed by atoms with Crippen LogP contribution in [0.1, 0.15) is 0 Å². The molecular formula is C15H16ClN3O3S2. The Balaban J connectivity index is 2.38. The molecule has 0 saturated carbocycles. The number of hydrogen-bond acceptors (Lipinski definition) is 4. The van der Waals surface area contributed by atoms with Crippen LogP contribution in [0.2, 0.25) is 5.02 Å². The predicted octanol–water partition coefficient (Wildman–Crippen LogP) is 3.07. The van der Waals surface area contributed by atoms with Crippen molar-refractivity contribution in [3.05, 3.63) is 47.5 Å². The number of anilines is 2. The number of thiocarbonyl (C=S) groups is 1. The Morgan fingerprint density at radius 2 is 1.88 bits per heavy atom. The molecule has 0 atom stereocenters. The fourth-order valence-corrected chi connectivity index (χ4v) is 3.34. The molecule has 24 heavy (non-hydrogen) atoms. The summed E-state index contributed by atoms with van der Waals surface area (Å²) in [5.41, 5.74) is 0.731. The molecule has 128 valence electrons. The van der Waals surface area contributed by atoms with Crippen molar-refractivity contribution in [2.75, 3.05) is 24.2 Å². The highest BCUT2D eigenvalue weighted by molar-refractivity contribution is 7.92. The van der Waals surface area contributed by atoms with E-state index in [1.54, 1.807) is 37.4 Å². The number of nitrogens with one attached hydrogen (secondary N) is 3. The maximum absolute atomic E-state index is 12.6. The van der Waals surface area contributed by atoms with Crippen molar-refractivity contribution in [3.8, 4) is 5.75 Å². The second-order valence-corrected chi connectivity index (χ2v) is 7.15. The van der Waals surface area contributed by atoms with E-state index in [4.69, 9.17) is 28.6 Å². The number of ether oxygens (including phenoxy) is 1. The van der Waals surface area contributed by atoms with Crippen molar-refractivity contribution in [1.29, 1.82) is 0 Å². The highest BCUT2D eigenvalue weighted by Crippen LogP contribution is 2.29. The van der Waals surface area contributed by atoms with Crippen LogP contribution in [0.5, 0.6) is 5.75 Å². The Labute approximate surface area is 151 Å². The highest BCUT2D eigenvalue weighted by Gasteiger charge is 2.18. The van der Waals surface area contributed by atoms with E-state index in [1.807, 2.05) is 0 Å². The van der Waals surface area contributed by atoms with Gasteiger partial charge in [-0.1, -0.05) is 23.7 Å². The summed E-state index contributed by atoms with van der Waals surface area (Å²) in [4.78, 5) is 0.0459. The van der Waals surface area contributed by atoms with Crippen LogP contribution in [0.25, 0.3) is 0 Å². The summed E-state index contributed by atoms with van der Waals surface area (Å²) in [5.74, 6) is 0.462. The largest absolute Gasteiger partial charge is 0.495 e. The lowest BCUT2D eigenvalue weighted by molar-refractivity contribution is 0.416. The fourth-order valence-electron chi connectivity index (χ4n) is 1.88. The second kappa shape index (κ2) is 7.69. The zero-order valence-corrected chi connectivity index (χ0v) is 15.3. The summed E-state index contributed by atoms with van der Waals surface area (Å²) in [5, 5.41) is 6.27. The van der Waals surface area contributed by atoms with E-state index >= 15 is 0 Å². The van der Waals surface area contributed by atoms with Gasteiger partial charge in [-0.25, -0.2) is 8.42 Å². The standard InChI is InChI=1S/C15H16ClN3O3S2/c1-17-15(23)18-13-9-10(7-8-14(13)22-2)24(20,21)19-12-6-4-3-5-11(12)16/h3-9,19H,1-2H3,(H2,17,18,23). The quantitative estimate of drug-likeness (QED) is 0.686. The Morgan fingerprint density at radius 1 is 1.17 bits per heavy atom. The van der Waals surface area contributed by atoms with Crippen molar-refractivity contribution >= 4 is 50.3 Å². The van der Waals surface area contributed by atoms with Gasteiger partial charge in [0.25, 0.3) is 10.0 Å². The van der Waals surface area contributed by atoms with Crippen molar-refractivity contribution in [3.63, 3.8) is 0 Å². The molecule has 6 nitrogen and oxygen atoms in total. The van der Waals surface area contributed by atoms with Crippen LogP contribution in [-0.4, -0.2) is 27.7 Å². The molecule has 0 aliphatic heterocycles. The topological polar surface area (TPSA) is 79.5 Å². The number of hydrogen-bond donors (Lipinski definition) is 3. The third-order valence-corrected chi connectivity index (χ3v) is 5.07. The van der Waals surface area contributed by atoms with Gasteiger partial charge < -0.3 is 15.4 Å². The minimum absolute atomic E-state index is 0.0459. The van der Waals surface area contributed by atoms with Gasteiger partial charge in [-0.05, 0) is 42.5 Å². The van der Waals surface area contributed by atoms with E-state index in [0.29, 0.717) is 27.3 Å². The highest BCUT2D eigenvalue weighted by atomic mass is 35.5. The Hall–Kier alpha value is -2.03. The summed E-state index contributed by atoms with van der Waals surface area (Å²) < 4.78 is 32.8. The van der Waals surface area contributed by atoms with Gasteiger partial charge in [0.2, 0.25) is 0 Å². The number of halogens is 1. The third-order valence-electron chi connectivity index (χ3n) is 3.07. The predicted molar refractivity (Wildman–Crippen MR) is 101 cm³/mol. The van der Waals surface area contributed by atoms with E-state index in [2.05, 4.69) is 15.4 Å². The molecule has 9 heteroatoms. The number of para-hydroxylation sites is 1. The van der Waals surface area contributed by atoms with E-state index in [1.165, 1.54) is 19.2 Å². The third kappa shape index (κ3) is 4.28. The van der Waals surface area contributed by atoms with Crippen LogP contribution in [0.4, 0.5) is 11.4 Å². The Morgan fingerprint density at radius 3 is 2.50 bits per heavy atom. The Kier molecular flexibility index (Phi) is 5.87. The number of sulfonamides is 1. The molecule has 0 amide bonds. The molecule has 0 spiro atoms. The lowest BCUT2D eigenvalue weighted by Crippen LogP contribution is -2.24. The lowest BCUT2D eigenvalue weighted by atomic mass is 10.3. The van der Waals surface area contributed by atoms with Crippen LogP contribution in [-0.2, 0) is 10.0 Å². The molecule has 2 rings (SSSR count). The SMILES string of the molecule is CNC(=S)Nc1cc(S(=O)(=O)Nc2ccccc2Cl)ccc1OC. The van der Waals surface area contributed by atoms with Crippen LogP contribution >= 0.6 is 23.8 Å². The first kappa shape index (κ1) is 18.3. The summed E-state index contributed by atoms with van der Waals surface area (Å²) >= 11 is 11.0. The summed E-state index contributed by atoms with van der Waals surface area (Å²) in [6.45, 7) is 0. The maximum Gasteiger partial charge on any atom is 0.262 e. The summed E-state index contributed by atoms with van der Waals surface area (Å²) in [7, 11) is -0.680. The van der Waals surface area contributed by atoms with Crippen LogP contribution < -0.4 is 20.1 Å². The molecule has 0 aliphatic rings. The second-order valence-electron chi connectivity index (χ2n) is 4.65. The molecule has 0 unspecified atom stereocenters. The number of benzene rings is 2. The van der Waals surface area contributed by atoms with Gasteiger partial charge in [0.1, 0.15) is 5.75 Å². The first-order valence-electron chi connectivity index (χ1n) is 6.81. The fraction of sp³-hybridized carbons (Fsp3) is 0.133. The van der Waals surface area contributed by atoms with E-state index < -0.39 is 10.0 Å². The van der Waals surface area contributed by atoms with Crippen LogP contribution in [0.3, 0.4) is 0 Å². The minimum atomic E-state index is -3.82. The maximum atomic E-state index is 12.6. The molecule has 0 bridgehead atoms. The van der Waals surface area contributed by atoms with Gasteiger partial charge in [0.05, 0.1) is 28.4 Å². The van der Waals surface area contributed by atoms with Gasteiger partial charge in [-0.2, -0.15) is 0 Å². The van der Waals surface area contributed by atoms with Crippen molar-refractivity contribution in [2.45, 2.75) is 4.90 Å². The van der Waals surface area contributed by atoms with Gasteiger partial charge in [-0.15, -0.1) is 0 Å².